The third-order valence-electron chi connectivity index (χ3n) is 5.18. The van der Waals surface area contributed by atoms with E-state index in [1.165, 1.54) is 25.9 Å². The van der Waals surface area contributed by atoms with Crippen LogP contribution in [0.5, 0.6) is 0 Å². The SMILES string of the molecule is O=C1N(c2cccc(Cl)c2)CCN1C1CN2CCC1CC2. The van der Waals surface area contributed by atoms with Crippen LogP contribution < -0.4 is 4.90 Å². The van der Waals surface area contributed by atoms with Crippen LogP contribution in [0.3, 0.4) is 0 Å². The van der Waals surface area contributed by atoms with Crippen LogP contribution in [0.1, 0.15) is 12.8 Å². The Morgan fingerprint density at radius 3 is 2.57 bits per heavy atom. The average Bonchev–Trinajstić information content (AvgIpc) is 2.90. The minimum Gasteiger partial charge on any atom is -0.318 e. The maximum absolute atomic E-state index is 12.8. The van der Waals surface area contributed by atoms with Crippen molar-refractivity contribution in [3.05, 3.63) is 29.3 Å². The van der Waals surface area contributed by atoms with E-state index < -0.39 is 0 Å². The van der Waals surface area contributed by atoms with Gasteiger partial charge in [-0.05, 0) is 50.0 Å². The van der Waals surface area contributed by atoms with Crippen molar-refractivity contribution in [3.63, 3.8) is 0 Å². The lowest BCUT2D eigenvalue weighted by atomic mass is 9.83. The van der Waals surface area contributed by atoms with Gasteiger partial charge in [-0.2, -0.15) is 0 Å². The molecule has 2 bridgehead atoms. The molecule has 21 heavy (non-hydrogen) atoms. The molecule has 4 aliphatic heterocycles. The quantitative estimate of drug-likeness (QED) is 0.840. The number of urea groups is 1. The summed E-state index contributed by atoms with van der Waals surface area (Å²) in [6.45, 7) is 5.07. The van der Waals surface area contributed by atoms with Crippen LogP contribution in [-0.2, 0) is 0 Å². The fourth-order valence-electron chi connectivity index (χ4n) is 4.03. The Morgan fingerprint density at radius 1 is 1.10 bits per heavy atom. The molecule has 0 spiro atoms. The zero-order valence-electron chi connectivity index (χ0n) is 12.0. The average molecular weight is 306 g/mol. The predicted octanol–water partition coefficient (Wildman–Crippen LogP) is 2.68. The van der Waals surface area contributed by atoms with Crippen LogP contribution >= 0.6 is 11.6 Å². The second kappa shape index (κ2) is 5.18. The van der Waals surface area contributed by atoms with Gasteiger partial charge in [0.25, 0.3) is 0 Å². The van der Waals surface area contributed by atoms with Gasteiger partial charge in [0.05, 0.1) is 0 Å². The van der Waals surface area contributed by atoms with Gasteiger partial charge in [-0.1, -0.05) is 17.7 Å². The van der Waals surface area contributed by atoms with Crippen LogP contribution in [0.25, 0.3) is 0 Å². The van der Waals surface area contributed by atoms with E-state index in [0.29, 0.717) is 17.0 Å². The van der Waals surface area contributed by atoms with Crippen molar-refractivity contribution in [2.24, 2.45) is 5.92 Å². The Balaban J connectivity index is 1.53. The number of hydrogen-bond donors (Lipinski definition) is 0. The summed E-state index contributed by atoms with van der Waals surface area (Å²) in [6, 6.07) is 8.14. The first-order valence-corrected chi connectivity index (χ1v) is 8.16. The number of rotatable bonds is 2. The minimum absolute atomic E-state index is 0.149. The van der Waals surface area contributed by atoms with Gasteiger partial charge in [-0.3, -0.25) is 4.90 Å². The van der Waals surface area contributed by atoms with E-state index in [-0.39, 0.29) is 6.03 Å². The van der Waals surface area contributed by atoms with E-state index in [0.717, 1.165) is 25.3 Å². The molecule has 0 radical (unpaired) electrons. The highest BCUT2D eigenvalue weighted by atomic mass is 35.5. The number of piperidine rings is 3. The van der Waals surface area contributed by atoms with Gasteiger partial charge in [0.1, 0.15) is 0 Å². The standard InChI is InChI=1S/C16H20ClN3O/c17-13-2-1-3-14(10-13)19-8-9-20(16(19)21)15-11-18-6-4-12(15)5-7-18/h1-3,10,12,15H,4-9,11H2. The van der Waals surface area contributed by atoms with Crippen LogP contribution in [0.15, 0.2) is 24.3 Å². The molecule has 5 rings (SSSR count). The number of amides is 2. The lowest BCUT2D eigenvalue weighted by Gasteiger charge is -2.47. The molecule has 1 aromatic carbocycles. The fraction of sp³-hybridized carbons (Fsp3) is 0.562. The topological polar surface area (TPSA) is 26.8 Å². The second-order valence-corrected chi connectivity index (χ2v) is 6.75. The molecule has 112 valence electrons. The lowest BCUT2D eigenvalue weighted by Crippen LogP contribution is -2.58. The first kappa shape index (κ1) is 13.4. The Morgan fingerprint density at radius 2 is 1.90 bits per heavy atom. The molecule has 4 fully saturated rings. The molecule has 1 aromatic rings. The Bertz CT molecular complexity index is 556. The summed E-state index contributed by atoms with van der Waals surface area (Å²) in [6.07, 6.45) is 2.48. The number of nitrogens with zero attached hydrogens (tertiary/aromatic N) is 3. The van der Waals surface area contributed by atoms with Crippen molar-refractivity contribution < 1.29 is 4.79 Å². The summed E-state index contributed by atoms with van der Waals surface area (Å²) in [4.78, 5) is 19.2. The van der Waals surface area contributed by atoms with Crippen molar-refractivity contribution in [1.29, 1.82) is 0 Å². The molecule has 2 amide bonds. The van der Waals surface area contributed by atoms with Gasteiger partial charge >= 0.3 is 6.03 Å². The van der Waals surface area contributed by atoms with E-state index in [1.54, 1.807) is 0 Å². The number of anilines is 1. The molecular formula is C16H20ClN3O. The van der Waals surface area contributed by atoms with E-state index in [1.807, 2.05) is 29.2 Å². The summed E-state index contributed by atoms with van der Waals surface area (Å²) >= 11 is 6.05. The van der Waals surface area contributed by atoms with Gasteiger partial charge in [0.2, 0.25) is 0 Å². The summed E-state index contributed by atoms with van der Waals surface area (Å²) in [5, 5.41) is 0.682. The van der Waals surface area contributed by atoms with Gasteiger partial charge in [0.15, 0.2) is 0 Å². The van der Waals surface area contributed by atoms with Crippen molar-refractivity contribution in [1.82, 2.24) is 9.80 Å². The molecule has 4 heterocycles. The van der Waals surface area contributed by atoms with Crippen molar-refractivity contribution >= 4 is 23.3 Å². The van der Waals surface area contributed by atoms with E-state index in [4.69, 9.17) is 11.6 Å². The van der Waals surface area contributed by atoms with Crippen LogP contribution in [0.2, 0.25) is 5.02 Å². The van der Waals surface area contributed by atoms with Gasteiger partial charge in [0, 0.05) is 36.4 Å². The van der Waals surface area contributed by atoms with Crippen LogP contribution in [0, 0.1) is 5.92 Å². The monoisotopic (exact) mass is 305 g/mol. The lowest BCUT2D eigenvalue weighted by molar-refractivity contribution is 0.0300. The van der Waals surface area contributed by atoms with E-state index in [9.17, 15) is 4.79 Å². The van der Waals surface area contributed by atoms with Crippen molar-refractivity contribution in [2.45, 2.75) is 18.9 Å². The Hall–Kier alpha value is -1.26. The fourth-order valence-corrected chi connectivity index (χ4v) is 4.22. The first-order valence-electron chi connectivity index (χ1n) is 7.78. The van der Waals surface area contributed by atoms with Crippen molar-refractivity contribution in [3.8, 4) is 0 Å². The molecule has 4 saturated heterocycles. The number of carbonyl (C=O) groups is 1. The molecule has 0 aliphatic carbocycles. The first-order chi connectivity index (χ1) is 10.2. The summed E-state index contributed by atoms with van der Waals surface area (Å²) in [5.41, 5.74) is 0.913. The van der Waals surface area contributed by atoms with Crippen LogP contribution in [0.4, 0.5) is 10.5 Å². The normalized spacial score (nSPS) is 32.0. The number of fused-ring (bicyclic) bond motifs is 3. The molecule has 4 aliphatic rings. The highest BCUT2D eigenvalue weighted by molar-refractivity contribution is 6.30. The molecule has 0 N–H and O–H groups in total. The number of halogens is 1. The summed E-state index contributed by atoms with van der Waals surface area (Å²) in [7, 11) is 0. The smallest absolute Gasteiger partial charge is 0.318 e. The molecule has 4 nitrogen and oxygen atoms in total. The third kappa shape index (κ3) is 2.30. The third-order valence-corrected chi connectivity index (χ3v) is 5.42. The second-order valence-electron chi connectivity index (χ2n) is 6.31. The predicted molar refractivity (Wildman–Crippen MR) is 83.9 cm³/mol. The molecule has 5 heteroatoms. The Labute approximate surface area is 130 Å². The zero-order chi connectivity index (χ0) is 14.4. The molecule has 1 unspecified atom stereocenters. The minimum atomic E-state index is 0.149. The Kier molecular flexibility index (Phi) is 3.31. The van der Waals surface area contributed by atoms with Gasteiger partial charge in [-0.15, -0.1) is 0 Å². The summed E-state index contributed by atoms with van der Waals surface area (Å²) in [5.74, 6) is 0.693. The largest absolute Gasteiger partial charge is 0.324 e. The van der Waals surface area contributed by atoms with Crippen LogP contribution in [-0.4, -0.2) is 54.6 Å². The number of hydrogen-bond acceptors (Lipinski definition) is 2. The van der Waals surface area contributed by atoms with Gasteiger partial charge in [-0.25, -0.2) is 4.79 Å². The number of carbonyl (C=O) groups excluding carboxylic acids is 1. The van der Waals surface area contributed by atoms with E-state index >= 15 is 0 Å². The molecule has 1 atom stereocenters. The van der Waals surface area contributed by atoms with Crippen molar-refractivity contribution in [2.75, 3.05) is 37.6 Å². The summed E-state index contributed by atoms with van der Waals surface area (Å²) < 4.78 is 0. The maximum atomic E-state index is 12.8. The zero-order valence-corrected chi connectivity index (χ0v) is 12.8. The molecular weight excluding hydrogens is 286 g/mol. The maximum Gasteiger partial charge on any atom is 0.324 e. The highest BCUT2D eigenvalue weighted by Gasteiger charge is 2.43. The molecule has 0 saturated carbocycles. The number of benzene rings is 1. The molecule has 0 aromatic heterocycles. The van der Waals surface area contributed by atoms with Gasteiger partial charge < -0.3 is 9.80 Å². The highest BCUT2D eigenvalue weighted by Crippen LogP contribution is 2.33. The van der Waals surface area contributed by atoms with E-state index in [2.05, 4.69) is 9.80 Å².